The molecule has 10 heteroatoms. The lowest BCUT2D eigenvalue weighted by Gasteiger charge is -2.21. The van der Waals surface area contributed by atoms with Crippen LogP contribution in [0.1, 0.15) is 6.92 Å². The number of nitrogens with zero attached hydrogens (tertiary/aromatic N) is 1. The van der Waals surface area contributed by atoms with E-state index < -0.39 is 19.1 Å². The van der Waals surface area contributed by atoms with Crippen molar-refractivity contribution >= 4 is 74.0 Å². The first kappa shape index (κ1) is 15.4. The number of hydrogen-bond acceptors (Lipinski definition) is 5. The molecule has 0 unspecified atom stereocenters. The van der Waals surface area contributed by atoms with E-state index in [9.17, 15) is 13.2 Å². The van der Waals surface area contributed by atoms with Gasteiger partial charge in [-0.1, -0.05) is 40.9 Å². The second-order valence-electron chi connectivity index (χ2n) is 2.72. The van der Waals surface area contributed by atoms with E-state index in [1.807, 2.05) is 0 Å². The molecule has 1 heterocycles. The lowest BCUT2D eigenvalue weighted by molar-refractivity contribution is -0.120. The second kappa shape index (κ2) is 5.54. The summed E-state index contributed by atoms with van der Waals surface area (Å²) in [6, 6.07) is 2.92. The lowest BCUT2D eigenvalue weighted by atomic mass is 10.7. The number of hydrogen-bond donors (Lipinski definition) is 0. The normalized spacial score (nSPS) is 12.5. The van der Waals surface area contributed by atoms with Crippen LogP contribution in [0, 0.1) is 0 Å². The van der Waals surface area contributed by atoms with Crippen molar-refractivity contribution in [2.75, 3.05) is 0 Å². The fraction of sp³-hybridized carbons (Fsp3) is 0.286. The van der Waals surface area contributed by atoms with Gasteiger partial charge in [0.15, 0.2) is 0 Å². The number of halogens is 3. The first-order valence-electron chi connectivity index (χ1n) is 4.00. The third-order valence-electron chi connectivity index (χ3n) is 1.41. The van der Waals surface area contributed by atoms with Crippen LogP contribution in [0.3, 0.4) is 0 Å². The Morgan fingerprint density at radius 1 is 1.47 bits per heavy atom. The van der Waals surface area contributed by atoms with Crippen molar-refractivity contribution in [3.8, 4) is 0 Å². The molecule has 0 aliphatic rings. The average Bonchev–Trinajstić information content (AvgIpc) is 2.65. The largest absolute Gasteiger partial charge is 0.285 e. The van der Waals surface area contributed by atoms with Crippen LogP contribution in [0.4, 0.5) is 0 Å². The molecule has 0 saturated carbocycles. The number of alkyl halides is 3. The molecule has 1 rings (SSSR count). The Bertz CT molecular complexity index is 494. The molecule has 1 amide bonds. The molecule has 0 bridgehead atoms. The maximum atomic E-state index is 12.0. The fourth-order valence-corrected chi connectivity index (χ4v) is 5.36. The summed E-state index contributed by atoms with van der Waals surface area (Å²) in [5.74, 6) is -0.741. The molecule has 0 atom stereocenters. The topological polar surface area (TPSA) is 54.5 Å². The van der Waals surface area contributed by atoms with Crippen LogP contribution in [0.15, 0.2) is 21.7 Å². The zero-order valence-corrected chi connectivity index (χ0v) is 13.0. The predicted molar refractivity (Wildman–Crippen MR) is 71.9 cm³/mol. The van der Waals surface area contributed by atoms with E-state index >= 15 is 0 Å². The highest BCUT2D eigenvalue weighted by atomic mass is 35.6. The summed E-state index contributed by atoms with van der Waals surface area (Å²) in [5, 5.41) is 1.57. The molecule has 0 aromatic carbocycles. The van der Waals surface area contributed by atoms with Crippen LogP contribution in [0.25, 0.3) is 0 Å². The van der Waals surface area contributed by atoms with Gasteiger partial charge in [0.25, 0.3) is 13.1 Å². The van der Waals surface area contributed by atoms with Gasteiger partial charge in [-0.3, -0.25) is 4.79 Å². The van der Waals surface area contributed by atoms with E-state index in [1.165, 1.54) is 6.07 Å². The summed E-state index contributed by atoms with van der Waals surface area (Å²) < 4.78 is 22.6. The van der Waals surface area contributed by atoms with E-state index in [-0.39, 0.29) is 4.21 Å². The number of rotatable bonds is 3. The second-order valence-corrected chi connectivity index (χ2v) is 10.0. The van der Waals surface area contributed by atoms with Crippen LogP contribution in [-0.2, 0) is 14.8 Å². The first-order valence-corrected chi connectivity index (χ1v) is 8.22. The fourth-order valence-electron chi connectivity index (χ4n) is 0.869. The van der Waals surface area contributed by atoms with Crippen molar-refractivity contribution in [2.45, 2.75) is 14.3 Å². The maximum absolute atomic E-state index is 12.0. The minimum Gasteiger partial charge on any atom is -0.273 e. The van der Waals surface area contributed by atoms with Crippen molar-refractivity contribution in [2.24, 2.45) is 0 Å². The number of amides is 1. The maximum Gasteiger partial charge on any atom is 0.285 e. The SMILES string of the molecule is CC(=O)N(SC(Cl)(Cl)Cl)S(=O)(=O)c1cccs1. The van der Waals surface area contributed by atoms with E-state index in [0.717, 1.165) is 18.3 Å². The van der Waals surface area contributed by atoms with Crippen molar-refractivity contribution in [3.05, 3.63) is 17.5 Å². The molecule has 0 spiro atoms. The van der Waals surface area contributed by atoms with Crippen molar-refractivity contribution in [1.82, 2.24) is 3.71 Å². The summed E-state index contributed by atoms with van der Waals surface area (Å²) in [5.41, 5.74) is 0. The van der Waals surface area contributed by atoms with Gasteiger partial charge in [-0.2, -0.15) is 12.1 Å². The van der Waals surface area contributed by atoms with Crippen LogP contribution < -0.4 is 0 Å². The summed E-state index contributed by atoms with van der Waals surface area (Å²) in [7, 11) is -3.98. The van der Waals surface area contributed by atoms with Crippen molar-refractivity contribution in [3.63, 3.8) is 0 Å². The summed E-state index contributed by atoms with van der Waals surface area (Å²) in [4.78, 5) is 11.3. The van der Waals surface area contributed by atoms with Crippen LogP contribution in [0.5, 0.6) is 0 Å². The van der Waals surface area contributed by atoms with E-state index in [0.29, 0.717) is 15.7 Å². The molecular formula is C7H6Cl3NO3S3. The monoisotopic (exact) mass is 353 g/mol. The molecule has 1 aromatic heterocycles. The Kier molecular flexibility index (Phi) is 5.02. The van der Waals surface area contributed by atoms with E-state index in [2.05, 4.69) is 0 Å². The Balaban J connectivity index is 3.13. The predicted octanol–water partition coefficient (Wildman–Crippen LogP) is 3.26. The molecule has 0 aliphatic carbocycles. The van der Waals surface area contributed by atoms with Crippen molar-refractivity contribution in [1.29, 1.82) is 0 Å². The van der Waals surface area contributed by atoms with Gasteiger partial charge in [0.1, 0.15) is 4.21 Å². The molecule has 0 N–H and O–H groups in total. The van der Waals surface area contributed by atoms with Gasteiger partial charge in [-0.25, -0.2) is 0 Å². The Hall–Kier alpha value is 0.340. The standard InChI is InChI=1S/C7H6Cl3NO3S3/c1-5(12)11(16-7(8,9)10)17(13,14)6-3-2-4-15-6/h2-4H,1H3. The van der Waals surface area contributed by atoms with Gasteiger partial charge < -0.3 is 0 Å². The van der Waals surface area contributed by atoms with Crippen LogP contribution in [0.2, 0.25) is 0 Å². The minimum absolute atomic E-state index is 0.00875. The zero-order valence-electron chi connectivity index (χ0n) is 8.26. The summed E-state index contributed by atoms with van der Waals surface area (Å²) >= 11 is 17.7. The number of sulfonamides is 1. The molecule has 0 aliphatic heterocycles. The van der Waals surface area contributed by atoms with Gasteiger partial charge >= 0.3 is 0 Å². The molecule has 96 valence electrons. The first-order chi connectivity index (χ1) is 7.64. The molecule has 0 saturated heterocycles. The van der Waals surface area contributed by atoms with Crippen molar-refractivity contribution < 1.29 is 13.2 Å². The van der Waals surface area contributed by atoms with Gasteiger partial charge in [-0.05, 0) is 11.4 Å². The van der Waals surface area contributed by atoms with Gasteiger partial charge in [0.2, 0.25) is 5.91 Å². The van der Waals surface area contributed by atoms with Gasteiger partial charge in [0, 0.05) is 18.9 Å². The highest BCUT2D eigenvalue weighted by molar-refractivity contribution is 8.13. The summed E-state index contributed by atoms with van der Waals surface area (Å²) in [6.45, 7) is 1.08. The van der Waals surface area contributed by atoms with E-state index in [1.54, 1.807) is 11.4 Å². The molecule has 17 heavy (non-hydrogen) atoms. The molecular weight excluding hydrogens is 349 g/mol. The number of carbonyl (C=O) groups is 1. The highest BCUT2D eigenvalue weighted by Crippen LogP contribution is 2.43. The number of carbonyl (C=O) groups excluding carboxylic acids is 1. The Labute approximate surface area is 122 Å². The van der Waals surface area contributed by atoms with E-state index in [4.69, 9.17) is 34.8 Å². The minimum atomic E-state index is -3.98. The highest BCUT2D eigenvalue weighted by Gasteiger charge is 2.36. The third-order valence-corrected chi connectivity index (χ3v) is 6.39. The van der Waals surface area contributed by atoms with Gasteiger partial charge in [-0.15, -0.1) is 11.3 Å². The zero-order chi connectivity index (χ0) is 13.3. The van der Waals surface area contributed by atoms with Crippen LogP contribution in [-0.4, -0.2) is 21.2 Å². The lowest BCUT2D eigenvalue weighted by Crippen LogP contribution is -2.30. The smallest absolute Gasteiger partial charge is 0.273 e. The Morgan fingerprint density at radius 3 is 2.41 bits per heavy atom. The Morgan fingerprint density at radius 2 is 2.06 bits per heavy atom. The molecule has 4 nitrogen and oxygen atoms in total. The quantitative estimate of drug-likeness (QED) is 0.617. The average molecular weight is 355 g/mol. The molecule has 0 fully saturated rings. The third kappa shape index (κ3) is 4.18. The molecule has 0 radical (unpaired) electrons. The van der Waals surface area contributed by atoms with Crippen LogP contribution >= 0.6 is 58.1 Å². The molecule has 1 aromatic rings. The summed E-state index contributed by atoms with van der Waals surface area (Å²) in [6.07, 6.45) is 0. The number of thiophene rings is 1. The van der Waals surface area contributed by atoms with Gasteiger partial charge in [0.05, 0.1) is 0 Å².